The van der Waals surface area contributed by atoms with Crippen LogP contribution in [-0.4, -0.2) is 123 Å². The smallest absolute Gasteiger partial charge is 0.337 e. The second-order valence-corrected chi connectivity index (χ2v) is 22.5. The number of aromatic carboxylic acids is 1. The fourth-order valence-corrected chi connectivity index (χ4v) is 9.36. The summed E-state index contributed by atoms with van der Waals surface area (Å²) in [5, 5.41) is 19.5. The van der Waals surface area contributed by atoms with Crippen molar-refractivity contribution in [2.75, 3.05) is 21.4 Å². The van der Waals surface area contributed by atoms with E-state index in [0.29, 0.717) is 30.4 Å². The van der Waals surface area contributed by atoms with E-state index in [1.807, 2.05) is 0 Å². The highest BCUT2D eigenvalue weighted by Crippen LogP contribution is 2.35. The maximum atomic E-state index is 13.9. The number of allylic oxidation sites excluding steroid dienone is 3. The molecule has 0 amide bonds. The van der Waals surface area contributed by atoms with Crippen molar-refractivity contribution in [1.82, 2.24) is 40.8 Å². The van der Waals surface area contributed by atoms with Crippen molar-refractivity contribution in [3.05, 3.63) is 129 Å². The monoisotopic (exact) mass is 1200 g/mol. The van der Waals surface area contributed by atoms with Crippen molar-refractivity contribution in [3.8, 4) is 0 Å². The largest absolute Gasteiger partial charge is 0.478 e. The molecule has 12 N–H and O–H groups in total. The van der Waals surface area contributed by atoms with Gasteiger partial charge in [0, 0.05) is 11.3 Å². The standard InChI is InChI=1S/C38H28Cl2N14O18S5/c39-33-45-35(41-18-7-4-8-19(11-18)73(58,59)60)49-36(46-33)42-24-15-29(77(70,71)72)25(16-28(24)76(67,68)69)43-37-47-34(40)48-38(50-37)44-26-13-21(75(64,65)66)14-27(30(26)55)52-54-31(17-5-2-1-3-6-17)53-51-23-10-9-20(74(61,62)63)12-22(23)32(56)57/h1-16,51-52H,(H,53,54)(H,56,57)(H,58,59,60)(H,61,62,63)(H,64,65,66)(H,67,68,69)(H,70,71,72)(H,43,47,48,50)(H2,41,42,45,46,49). The van der Waals surface area contributed by atoms with Gasteiger partial charge < -0.3 is 21.1 Å². The number of Topliss-reactive ketones (excluding diaryl/α,β-unsaturated/α-hetero) is 1. The maximum Gasteiger partial charge on any atom is 0.337 e. The van der Waals surface area contributed by atoms with Crippen LogP contribution in [-0.2, 0) is 55.4 Å². The topological polar surface area (TPSA) is 500 Å². The predicted molar refractivity (Wildman–Crippen MR) is 268 cm³/mol. The Labute approximate surface area is 441 Å². The summed E-state index contributed by atoms with van der Waals surface area (Å²) < 4.78 is 172. The molecule has 2 aromatic heterocycles. The molecule has 0 unspecified atom stereocenters. The number of nitrogens with one attached hydrogen (secondary N) is 6. The molecule has 0 bridgehead atoms. The third-order valence-electron chi connectivity index (χ3n) is 9.45. The van der Waals surface area contributed by atoms with Crippen LogP contribution in [0.25, 0.3) is 0 Å². The van der Waals surface area contributed by atoms with Crippen LogP contribution >= 0.6 is 23.2 Å². The number of ketones is 1. The number of hydrazone groups is 1. The lowest BCUT2D eigenvalue weighted by atomic mass is 10.1. The first-order valence-corrected chi connectivity index (χ1v) is 27.9. The summed E-state index contributed by atoms with van der Waals surface area (Å²) in [5.74, 6) is -5.83. The van der Waals surface area contributed by atoms with Gasteiger partial charge in [-0.3, -0.25) is 43.8 Å². The number of nitrogens with zero attached hydrogens (tertiary/aromatic N) is 8. The van der Waals surface area contributed by atoms with Gasteiger partial charge in [0.1, 0.15) is 21.2 Å². The molecule has 0 saturated carbocycles. The third kappa shape index (κ3) is 14.4. The molecule has 0 radical (unpaired) electrons. The SMILES string of the molecule is O=C1C(N/N=C(\NNc2ccc(S(=O)(=O)O)cc2C(=O)O)c2ccccc2)=CC(S(=O)(=O)O)=CC1=Nc1nc(Cl)nc(Nc2cc(S(=O)(=O)O)c(Nc3nc(Cl)nc(Nc4cccc(S(=O)(=O)O)c4)n3)cc2S(=O)(=O)O)n1. The summed E-state index contributed by atoms with van der Waals surface area (Å²) >= 11 is 12.1. The average Bonchev–Trinajstić information content (AvgIpc) is 3.32. The fourth-order valence-electron chi connectivity index (χ4n) is 6.18. The summed E-state index contributed by atoms with van der Waals surface area (Å²) in [6.45, 7) is 0. The number of aromatic nitrogens is 6. The van der Waals surface area contributed by atoms with Crippen LogP contribution in [0.15, 0.2) is 137 Å². The van der Waals surface area contributed by atoms with Crippen LogP contribution in [0.3, 0.4) is 0 Å². The second-order valence-electron chi connectivity index (χ2n) is 14.7. The van der Waals surface area contributed by atoms with Crippen molar-refractivity contribution in [2.24, 2.45) is 10.1 Å². The van der Waals surface area contributed by atoms with Crippen LogP contribution < -0.4 is 32.2 Å². The molecule has 0 spiro atoms. The lowest BCUT2D eigenvalue weighted by Crippen LogP contribution is -2.34. The summed E-state index contributed by atoms with van der Waals surface area (Å²) in [5.41, 5.74) is 3.32. The van der Waals surface area contributed by atoms with E-state index in [1.165, 1.54) is 36.4 Å². The minimum atomic E-state index is -5.43. The van der Waals surface area contributed by atoms with Crippen molar-refractivity contribution in [1.29, 1.82) is 0 Å². The number of carboxylic acids is 1. The van der Waals surface area contributed by atoms with E-state index in [0.717, 1.165) is 24.3 Å². The first-order chi connectivity index (χ1) is 35.8. The van der Waals surface area contributed by atoms with Crippen molar-refractivity contribution in [3.63, 3.8) is 0 Å². The normalized spacial score (nSPS) is 14.0. The van der Waals surface area contributed by atoms with Gasteiger partial charge in [0.05, 0.1) is 37.3 Å². The molecular weight excluding hydrogens is 1170 g/mol. The van der Waals surface area contributed by atoms with Crippen LogP contribution in [0.5, 0.6) is 0 Å². The third-order valence-corrected chi connectivity index (χ3v) is 14.1. The molecule has 402 valence electrons. The zero-order valence-electron chi connectivity index (χ0n) is 37.2. The lowest BCUT2D eigenvalue weighted by molar-refractivity contribution is -0.110. The number of anilines is 7. The van der Waals surface area contributed by atoms with Crippen LogP contribution in [0.2, 0.25) is 10.6 Å². The number of carboxylic acid groups (broad SMARTS) is 1. The molecular formula is C38H28Cl2N14O18S5. The molecule has 4 aromatic carbocycles. The molecule has 7 rings (SSSR count). The number of carbonyl (C=O) groups excluding carboxylic acids is 1. The number of aliphatic imine (C=N–C) groups is 1. The van der Waals surface area contributed by atoms with Gasteiger partial charge >= 0.3 is 5.97 Å². The Balaban J connectivity index is 1.21. The van der Waals surface area contributed by atoms with E-state index in [4.69, 9.17) is 23.2 Å². The number of hydrazine groups is 1. The van der Waals surface area contributed by atoms with Gasteiger partial charge in [0.25, 0.3) is 56.5 Å². The molecule has 2 heterocycles. The van der Waals surface area contributed by atoms with Crippen molar-refractivity contribution in [2.45, 2.75) is 19.6 Å². The molecule has 0 aliphatic heterocycles. The van der Waals surface area contributed by atoms with E-state index in [-0.39, 0.29) is 22.8 Å². The van der Waals surface area contributed by atoms with Crippen LogP contribution in [0.1, 0.15) is 15.9 Å². The highest BCUT2D eigenvalue weighted by atomic mass is 35.5. The zero-order chi connectivity index (χ0) is 56.4. The van der Waals surface area contributed by atoms with E-state index >= 15 is 0 Å². The number of benzene rings is 4. The highest BCUT2D eigenvalue weighted by molar-refractivity contribution is 7.90. The Kier molecular flexibility index (Phi) is 16.0. The average molecular weight is 1200 g/mol. The number of carbonyl (C=O) groups is 2. The van der Waals surface area contributed by atoms with Gasteiger partial charge in [-0.2, -0.15) is 77.1 Å². The van der Waals surface area contributed by atoms with Gasteiger partial charge in [0.2, 0.25) is 34.2 Å². The number of halogens is 2. The van der Waals surface area contributed by atoms with Gasteiger partial charge in [-0.1, -0.05) is 36.4 Å². The van der Waals surface area contributed by atoms with Gasteiger partial charge in [-0.05, 0) is 83.9 Å². The van der Waals surface area contributed by atoms with E-state index < -0.39 is 150 Å². The maximum absolute atomic E-state index is 13.9. The summed E-state index contributed by atoms with van der Waals surface area (Å²) in [6, 6.07) is 15.6. The Morgan fingerprint density at radius 3 is 1.68 bits per heavy atom. The van der Waals surface area contributed by atoms with E-state index in [2.05, 4.69) is 72.2 Å². The number of hydrogen-bond acceptors (Lipinski definition) is 25. The molecule has 0 fully saturated rings. The van der Waals surface area contributed by atoms with E-state index in [9.17, 15) is 79.5 Å². The number of amidine groups is 1. The van der Waals surface area contributed by atoms with Gasteiger partial charge in [0.15, 0.2) is 5.84 Å². The number of hydrogen-bond donors (Lipinski definition) is 12. The number of rotatable bonds is 18. The van der Waals surface area contributed by atoms with Crippen molar-refractivity contribution >= 4 is 144 Å². The fraction of sp³-hybridized carbons (Fsp3) is 0. The second kappa shape index (κ2) is 21.8. The summed E-state index contributed by atoms with van der Waals surface area (Å²) in [7, 11) is -25.5. The summed E-state index contributed by atoms with van der Waals surface area (Å²) in [6.07, 6.45) is 1.18. The Bertz CT molecular complexity index is 4180. The Morgan fingerprint density at radius 2 is 1.12 bits per heavy atom. The molecule has 77 heavy (non-hydrogen) atoms. The van der Waals surface area contributed by atoms with Gasteiger partial charge in [-0.15, -0.1) is 0 Å². The molecule has 6 aromatic rings. The molecule has 0 saturated heterocycles. The molecule has 32 nitrogen and oxygen atoms in total. The van der Waals surface area contributed by atoms with Crippen LogP contribution in [0, 0.1) is 0 Å². The summed E-state index contributed by atoms with van der Waals surface area (Å²) in [4.78, 5) is 48.0. The highest BCUT2D eigenvalue weighted by Gasteiger charge is 2.29. The molecule has 39 heteroatoms. The minimum absolute atomic E-state index is 0.0235. The molecule has 1 aliphatic rings. The predicted octanol–water partition coefficient (Wildman–Crippen LogP) is 3.16. The molecule has 0 atom stereocenters. The van der Waals surface area contributed by atoms with E-state index in [1.54, 1.807) is 6.07 Å². The Hall–Kier alpha value is -8.21. The lowest BCUT2D eigenvalue weighted by Gasteiger charge is -2.17. The van der Waals surface area contributed by atoms with Crippen molar-refractivity contribution < 1.29 is 79.5 Å². The molecule has 1 aliphatic carbocycles. The first-order valence-electron chi connectivity index (χ1n) is 20.0. The zero-order valence-corrected chi connectivity index (χ0v) is 42.8. The first kappa shape index (κ1) is 56.5. The minimum Gasteiger partial charge on any atom is -0.478 e. The quantitative estimate of drug-likeness (QED) is 0.0193. The van der Waals surface area contributed by atoms with Crippen LogP contribution in [0.4, 0.5) is 46.5 Å². The van der Waals surface area contributed by atoms with Gasteiger partial charge in [-0.25, -0.2) is 9.79 Å². The Morgan fingerprint density at radius 1 is 0.558 bits per heavy atom.